The smallest absolute Gasteiger partial charge is 0.254 e. The molecule has 0 bridgehead atoms. The second-order valence-electron chi connectivity index (χ2n) is 6.47. The number of hydrogen-bond acceptors (Lipinski definition) is 3. The third kappa shape index (κ3) is 3.81. The van der Waals surface area contributed by atoms with Crippen molar-refractivity contribution in [2.24, 2.45) is 0 Å². The molecule has 126 valence electrons. The fraction of sp³-hybridized carbons (Fsp3) is 0.611. The molecule has 1 aliphatic heterocycles. The molecular formula is C18H25ClN2O2. The summed E-state index contributed by atoms with van der Waals surface area (Å²) in [6.07, 6.45) is 6.74. The Hall–Kier alpha value is -1.26. The van der Waals surface area contributed by atoms with Crippen molar-refractivity contribution in [1.82, 2.24) is 9.80 Å². The summed E-state index contributed by atoms with van der Waals surface area (Å²) in [6, 6.07) is 5.97. The van der Waals surface area contributed by atoms with Crippen LogP contribution in [-0.4, -0.2) is 55.0 Å². The SMILES string of the molecule is COc1cc(C(=O)N2CCN(C3CCCCC3)CC2)ccc1Cl. The second kappa shape index (κ2) is 7.54. The highest BCUT2D eigenvalue weighted by Gasteiger charge is 2.27. The highest BCUT2D eigenvalue weighted by Crippen LogP contribution is 2.27. The molecule has 0 atom stereocenters. The van der Waals surface area contributed by atoms with Gasteiger partial charge in [-0.25, -0.2) is 0 Å². The maximum Gasteiger partial charge on any atom is 0.254 e. The van der Waals surface area contributed by atoms with E-state index in [2.05, 4.69) is 4.90 Å². The Morgan fingerprint density at radius 2 is 1.83 bits per heavy atom. The normalized spacial score (nSPS) is 20.5. The first-order valence-corrected chi connectivity index (χ1v) is 8.93. The number of amides is 1. The number of piperazine rings is 1. The van der Waals surface area contributed by atoms with Crippen LogP contribution in [0.2, 0.25) is 5.02 Å². The van der Waals surface area contributed by atoms with E-state index in [0.29, 0.717) is 16.3 Å². The van der Waals surface area contributed by atoms with Gasteiger partial charge in [-0.15, -0.1) is 0 Å². The third-order valence-corrected chi connectivity index (χ3v) is 5.40. The summed E-state index contributed by atoms with van der Waals surface area (Å²) in [5, 5.41) is 0.533. The van der Waals surface area contributed by atoms with Crippen molar-refractivity contribution in [3.05, 3.63) is 28.8 Å². The van der Waals surface area contributed by atoms with Crippen LogP contribution in [0.25, 0.3) is 0 Å². The van der Waals surface area contributed by atoms with E-state index in [0.717, 1.165) is 32.2 Å². The zero-order valence-electron chi connectivity index (χ0n) is 13.8. The summed E-state index contributed by atoms with van der Waals surface area (Å²) >= 11 is 6.04. The van der Waals surface area contributed by atoms with E-state index in [4.69, 9.17) is 16.3 Å². The summed E-state index contributed by atoms with van der Waals surface area (Å²) in [6.45, 7) is 3.59. The Morgan fingerprint density at radius 1 is 1.13 bits per heavy atom. The van der Waals surface area contributed by atoms with Crippen molar-refractivity contribution in [3.63, 3.8) is 0 Å². The number of methoxy groups -OCH3 is 1. The molecule has 4 nitrogen and oxygen atoms in total. The van der Waals surface area contributed by atoms with Gasteiger partial charge in [0, 0.05) is 37.8 Å². The van der Waals surface area contributed by atoms with Gasteiger partial charge in [-0.3, -0.25) is 9.69 Å². The predicted octanol–water partition coefficient (Wildman–Crippen LogP) is 3.44. The monoisotopic (exact) mass is 336 g/mol. The van der Waals surface area contributed by atoms with Crippen molar-refractivity contribution in [3.8, 4) is 5.75 Å². The maximum absolute atomic E-state index is 12.7. The van der Waals surface area contributed by atoms with Gasteiger partial charge in [0.1, 0.15) is 5.75 Å². The average Bonchev–Trinajstić information content (AvgIpc) is 2.62. The fourth-order valence-corrected chi connectivity index (χ4v) is 3.91. The van der Waals surface area contributed by atoms with Gasteiger partial charge in [0.15, 0.2) is 0 Å². The summed E-state index contributed by atoms with van der Waals surface area (Å²) in [4.78, 5) is 17.2. The highest BCUT2D eigenvalue weighted by atomic mass is 35.5. The van der Waals surface area contributed by atoms with E-state index in [1.807, 2.05) is 4.90 Å². The van der Waals surface area contributed by atoms with Crippen molar-refractivity contribution in [2.75, 3.05) is 33.3 Å². The second-order valence-corrected chi connectivity index (χ2v) is 6.88. The quantitative estimate of drug-likeness (QED) is 0.847. The largest absolute Gasteiger partial charge is 0.495 e. The van der Waals surface area contributed by atoms with Crippen LogP contribution in [0, 0.1) is 0 Å². The van der Waals surface area contributed by atoms with Crippen LogP contribution in [-0.2, 0) is 0 Å². The standard InChI is InChI=1S/C18H25ClN2O2/c1-23-17-13-14(7-8-16(17)19)18(22)21-11-9-20(10-12-21)15-5-3-2-4-6-15/h7-8,13,15H,2-6,9-12H2,1H3. The van der Waals surface area contributed by atoms with Crippen LogP contribution in [0.15, 0.2) is 18.2 Å². The van der Waals surface area contributed by atoms with Gasteiger partial charge in [0.25, 0.3) is 5.91 Å². The predicted molar refractivity (Wildman–Crippen MR) is 92.4 cm³/mol. The number of halogens is 1. The molecule has 23 heavy (non-hydrogen) atoms. The lowest BCUT2D eigenvalue weighted by atomic mass is 9.94. The van der Waals surface area contributed by atoms with E-state index in [9.17, 15) is 4.79 Å². The lowest BCUT2D eigenvalue weighted by Crippen LogP contribution is -2.52. The third-order valence-electron chi connectivity index (χ3n) is 5.09. The molecule has 1 aromatic rings. The fourth-order valence-electron chi connectivity index (χ4n) is 3.71. The van der Waals surface area contributed by atoms with E-state index in [1.165, 1.54) is 32.1 Å². The molecule has 0 aromatic heterocycles. The van der Waals surface area contributed by atoms with E-state index >= 15 is 0 Å². The molecule has 1 saturated heterocycles. The zero-order valence-corrected chi connectivity index (χ0v) is 14.5. The molecule has 2 fully saturated rings. The van der Waals surface area contributed by atoms with Crippen LogP contribution < -0.4 is 4.74 Å². The first-order chi connectivity index (χ1) is 11.2. The number of carbonyl (C=O) groups excluding carboxylic acids is 1. The Labute approximate surface area is 143 Å². The van der Waals surface area contributed by atoms with Gasteiger partial charge in [-0.2, -0.15) is 0 Å². The van der Waals surface area contributed by atoms with Crippen molar-refractivity contribution < 1.29 is 9.53 Å². The molecule has 0 spiro atoms. The Morgan fingerprint density at radius 3 is 2.48 bits per heavy atom. The molecule has 1 heterocycles. The molecule has 5 heteroatoms. The minimum absolute atomic E-state index is 0.0725. The number of ether oxygens (including phenoxy) is 1. The first-order valence-electron chi connectivity index (χ1n) is 8.56. The molecule has 3 rings (SSSR count). The number of benzene rings is 1. The highest BCUT2D eigenvalue weighted by molar-refractivity contribution is 6.32. The molecule has 1 aromatic carbocycles. The summed E-state index contributed by atoms with van der Waals surface area (Å²) in [7, 11) is 1.57. The zero-order chi connectivity index (χ0) is 16.2. The first kappa shape index (κ1) is 16.6. The molecule has 1 saturated carbocycles. The lowest BCUT2D eigenvalue weighted by molar-refractivity contribution is 0.0523. The van der Waals surface area contributed by atoms with Gasteiger partial charge in [0.2, 0.25) is 0 Å². The number of hydrogen-bond donors (Lipinski definition) is 0. The van der Waals surface area contributed by atoms with Gasteiger partial charge in [-0.1, -0.05) is 30.9 Å². The summed E-state index contributed by atoms with van der Waals surface area (Å²) in [5.74, 6) is 0.626. The van der Waals surface area contributed by atoms with Crippen LogP contribution in [0.4, 0.5) is 0 Å². The molecule has 0 unspecified atom stereocenters. The van der Waals surface area contributed by atoms with Crippen LogP contribution in [0.3, 0.4) is 0 Å². The van der Waals surface area contributed by atoms with Gasteiger partial charge < -0.3 is 9.64 Å². The van der Waals surface area contributed by atoms with Gasteiger partial charge in [0.05, 0.1) is 12.1 Å². The Kier molecular flexibility index (Phi) is 5.44. The summed E-state index contributed by atoms with van der Waals surface area (Å²) in [5.41, 5.74) is 0.650. The van der Waals surface area contributed by atoms with Crippen LogP contribution >= 0.6 is 11.6 Å². The van der Waals surface area contributed by atoms with E-state index in [1.54, 1.807) is 25.3 Å². The molecule has 1 amide bonds. The number of carbonyl (C=O) groups is 1. The lowest BCUT2D eigenvalue weighted by Gasteiger charge is -2.40. The van der Waals surface area contributed by atoms with Crippen molar-refractivity contribution in [1.29, 1.82) is 0 Å². The van der Waals surface area contributed by atoms with Crippen molar-refractivity contribution >= 4 is 17.5 Å². The van der Waals surface area contributed by atoms with E-state index < -0.39 is 0 Å². The minimum Gasteiger partial charge on any atom is -0.495 e. The molecule has 0 radical (unpaired) electrons. The molecule has 0 N–H and O–H groups in total. The average molecular weight is 337 g/mol. The number of rotatable bonds is 3. The Bertz CT molecular complexity index is 550. The molecule has 1 aliphatic carbocycles. The molecular weight excluding hydrogens is 312 g/mol. The van der Waals surface area contributed by atoms with E-state index in [-0.39, 0.29) is 5.91 Å². The number of nitrogens with zero attached hydrogens (tertiary/aromatic N) is 2. The maximum atomic E-state index is 12.7. The minimum atomic E-state index is 0.0725. The van der Waals surface area contributed by atoms with Gasteiger partial charge in [-0.05, 0) is 31.0 Å². The summed E-state index contributed by atoms with van der Waals surface area (Å²) < 4.78 is 5.21. The van der Waals surface area contributed by atoms with Crippen LogP contribution in [0.1, 0.15) is 42.5 Å². The molecule has 2 aliphatic rings. The Balaban J connectivity index is 1.59. The van der Waals surface area contributed by atoms with Crippen molar-refractivity contribution in [2.45, 2.75) is 38.1 Å². The van der Waals surface area contributed by atoms with Gasteiger partial charge >= 0.3 is 0 Å². The topological polar surface area (TPSA) is 32.8 Å². The van der Waals surface area contributed by atoms with Crippen LogP contribution in [0.5, 0.6) is 5.75 Å².